The van der Waals surface area contributed by atoms with E-state index in [-0.39, 0.29) is 0 Å². The lowest BCUT2D eigenvalue weighted by atomic mass is 10.1. The molecule has 0 fully saturated rings. The lowest BCUT2D eigenvalue weighted by Gasteiger charge is -2.09. The largest absolute Gasteiger partial charge is 0.347 e. The number of aryl methyl sites for hydroxylation is 2. The Hall–Kier alpha value is -2.06. The second kappa shape index (κ2) is 5.93. The van der Waals surface area contributed by atoms with E-state index in [1.54, 1.807) is 0 Å². The minimum atomic E-state index is 0.597. The maximum absolute atomic E-state index is 5.85. The second-order valence-corrected chi connectivity index (χ2v) is 5.16. The van der Waals surface area contributed by atoms with Crippen LogP contribution in [0.1, 0.15) is 17.5 Å². The van der Waals surface area contributed by atoms with Gasteiger partial charge in [0.1, 0.15) is 0 Å². The summed E-state index contributed by atoms with van der Waals surface area (Å²) in [6.45, 7) is 1.63. The molecule has 1 aromatic heterocycles. The van der Waals surface area contributed by atoms with Crippen molar-refractivity contribution in [2.45, 2.75) is 25.9 Å². The summed E-state index contributed by atoms with van der Waals surface area (Å²) in [6.07, 6.45) is 4.44. The van der Waals surface area contributed by atoms with Gasteiger partial charge in [-0.25, -0.2) is 0 Å². The maximum Gasteiger partial charge on any atom is 0.0525 e. The predicted octanol–water partition coefficient (Wildman–Crippen LogP) is 3.73. The molecule has 20 heavy (non-hydrogen) atoms. The highest BCUT2D eigenvalue weighted by atomic mass is 15.0. The number of hydrogen-bond donors (Lipinski definition) is 1. The van der Waals surface area contributed by atoms with Crippen molar-refractivity contribution in [3.05, 3.63) is 71.9 Å². The van der Waals surface area contributed by atoms with E-state index >= 15 is 0 Å². The van der Waals surface area contributed by atoms with Crippen LogP contribution in [-0.2, 0) is 19.5 Å². The summed E-state index contributed by atoms with van der Waals surface area (Å²) in [4.78, 5) is 0. The van der Waals surface area contributed by atoms with Crippen molar-refractivity contribution in [1.29, 1.82) is 0 Å². The number of hydrogen-bond acceptors (Lipinski definition) is 1. The van der Waals surface area contributed by atoms with Crippen LogP contribution in [-0.4, -0.2) is 4.57 Å². The van der Waals surface area contributed by atoms with Crippen LogP contribution in [0.25, 0.3) is 10.9 Å². The van der Waals surface area contributed by atoms with Crippen LogP contribution in [0, 0.1) is 0 Å². The Morgan fingerprint density at radius 3 is 2.55 bits per heavy atom. The molecule has 0 saturated heterocycles. The third kappa shape index (κ3) is 2.61. The van der Waals surface area contributed by atoms with Gasteiger partial charge in [0.2, 0.25) is 0 Å². The van der Waals surface area contributed by atoms with Crippen LogP contribution in [0.15, 0.2) is 60.8 Å². The summed E-state index contributed by atoms with van der Waals surface area (Å²) >= 11 is 0. The normalized spacial score (nSPS) is 11.1. The average molecular weight is 264 g/mol. The zero-order valence-corrected chi connectivity index (χ0v) is 11.6. The fourth-order valence-electron chi connectivity index (χ4n) is 2.79. The molecule has 2 aromatic carbocycles. The van der Waals surface area contributed by atoms with Gasteiger partial charge in [-0.1, -0.05) is 48.5 Å². The first kappa shape index (κ1) is 12.9. The molecule has 0 bridgehead atoms. The predicted molar refractivity (Wildman–Crippen MR) is 84.6 cm³/mol. The van der Waals surface area contributed by atoms with Gasteiger partial charge in [-0.2, -0.15) is 0 Å². The van der Waals surface area contributed by atoms with Crippen LogP contribution in [0.5, 0.6) is 0 Å². The van der Waals surface area contributed by atoms with Crippen molar-refractivity contribution in [3.8, 4) is 0 Å². The molecule has 3 aromatic rings. The molecule has 0 spiro atoms. The molecular weight excluding hydrogens is 244 g/mol. The molecule has 3 rings (SSSR count). The van der Waals surface area contributed by atoms with Crippen molar-refractivity contribution < 1.29 is 0 Å². The quantitative estimate of drug-likeness (QED) is 0.748. The summed E-state index contributed by atoms with van der Waals surface area (Å²) in [5.74, 6) is 0. The van der Waals surface area contributed by atoms with E-state index in [0.717, 1.165) is 19.4 Å². The van der Waals surface area contributed by atoms with Crippen molar-refractivity contribution in [2.75, 3.05) is 0 Å². The molecule has 0 amide bonds. The maximum atomic E-state index is 5.85. The number of para-hydroxylation sites is 1. The van der Waals surface area contributed by atoms with Crippen LogP contribution >= 0.6 is 0 Å². The van der Waals surface area contributed by atoms with Crippen LogP contribution < -0.4 is 5.73 Å². The standard InChI is InChI=1S/C18H20N2/c19-14-17-10-4-9-16-11-13-20(18(16)17)12-5-8-15-6-2-1-3-7-15/h1-4,6-7,9-11,13H,5,8,12,14,19H2. The Morgan fingerprint density at radius 2 is 1.75 bits per heavy atom. The molecular formula is C18H20N2. The molecule has 2 N–H and O–H groups in total. The molecule has 0 aliphatic carbocycles. The van der Waals surface area contributed by atoms with Gasteiger partial charge in [0.25, 0.3) is 0 Å². The summed E-state index contributed by atoms with van der Waals surface area (Å²) in [5.41, 5.74) is 9.78. The van der Waals surface area contributed by atoms with E-state index in [0.29, 0.717) is 6.54 Å². The Bertz CT molecular complexity index is 683. The van der Waals surface area contributed by atoms with Crippen molar-refractivity contribution in [3.63, 3.8) is 0 Å². The monoisotopic (exact) mass is 264 g/mol. The van der Waals surface area contributed by atoms with Crippen molar-refractivity contribution >= 4 is 10.9 Å². The molecule has 0 aliphatic heterocycles. The second-order valence-electron chi connectivity index (χ2n) is 5.16. The summed E-state index contributed by atoms with van der Waals surface area (Å²) in [5, 5.41) is 1.28. The van der Waals surface area contributed by atoms with E-state index in [1.165, 1.54) is 22.0 Å². The number of aromatic nitrogens is 1. The van der Waals surface area contributed by atoms with Crippen LogP contribution in [0.2, 0.25) is 0 Å². The first-order valence-corrected chi connectivity index (χ1v) is 7.19. The van der Waals surface area contributed by atoms with Gasteiger partial charge >= 0.3 is 0 Å². The highest BCUT2D eigenvalue weighted by Gasteiger charge is 2.05. The highest BCUT2D eigenvalue weighted by molar-refractivity contribution is 5.83. The topological polar surface area (TPSA) is 30.9 Å². The van der Waals surface area contributed by atoms with E-state index in [9.17, 15) is 0 Å². The smallest absolute Gasteiger partial charge is 0.0525 e. The Morgan fingerprint density at radius 1 is 0.900 bits per heavy atom. The third-order valence-corrected chi connectivity index (χ3v) is 3.80. The van der Waals surface area contributed by atoms with Gasteiger partial charge in [-0.15, -0.1) is 0 Å². The van der Waals surface area contributed by atoms with E-state index in [1.807, 2.05) is 0 Å². The summed E-state index contributed by atoms with van der Waals surface area (Å²) in [7, 11) is 0. The summed E-state index contributed by atoms with van der Waals surface area (Å²) < 4.78 is 2.33. The first-order valence-electron chi connectivity index (χ1n) is 7.19. The summed E-state index contributed by atoms with van der Waals surface area (Å²) in [6, 6.07) is 19.2. The number of benzene rings is 2. The van der Waals surface area contributed by atoms with Gasteiger partial charge in [0.15, 0.2) is 0 Å². The average Bonchev–Trinajstić information content (AvgIpc) is 2.92. The Balaban J connectivity index is 1.75. The number of nitrogens with two attached hydrogens (primary N) is 1. The van der Waals surface area contributed by atoms with Crippen LogP contribution in [0.4, 0.5) is 0 Å². The fraction of sp³-hybridized carbons (Fsp3) is 0.222. The third-order valence-electron chi connectivity index (χ3n) is 3.80. The number of rotatable bonds is 5. The van der Waals surface area contributed by atoms with Gasteiger partial charge in [-0.3, -0.25) is 0 Å². The SMILES string of the molecule is NCc1cccc2ccn(CCCc3ccccc3)c12. The van der Waals surface area contributed by atoms with Gasteiger partial charge < -0.3 is 10.3 Å². The lowest BCUT2D eigenvalue weighted by Crippen LogP contribution is -2.03. The van der Waals surface area contributed by atoms with Gasteiger partial charge in [0, 0.05) is 19.3 Å². The van der Waals surface area contributed by atoms with E-state index < -0.39 is 0 Å². The molecule has 0 radical (unpaired) electrons. The lowest BCUT2D eigenvalue weighted by molar-refractivity contribution is 0.660. The molecule has 102 valence electrons. The van der Waals surface area contributed by atoms with Crippen molar-refractivity contribution in [2.24, 2.45) is 5.73 Å². The Kier molecular flexibility index (Phi) is 3.84. The zero-order valence-electron chi connectivity index (χ0n) is 11.6. The molecule has 0 atom stereocenters. The minimum absolute atomic E-state index is 0.597. The molecule has 1 heterocycles. The number of nitrogens with zero attached hydrogens (tertiary/aromatic N) is 1. The Labute approximate surface area is 119 Å². The van der Waals surface area contributed by atoms with Crippen LogP contribution in [0.3, 0.4) is 0 Å². The minimum Gasteiger partial charge on any atom is -0.347 e. The molecule has 2 heteroatoms. The van der Waals surface area contributed by atoms with Gasteiger partial charge in [0.05, 0.1) is 5.52 Å². The molecule has 0 saturated carbocycles. The molecule has 0 aliphatic rings. The van der Waals surface area contributed by atoms with E-state index in [4.69, 9.17) is 5.73 Å². The first-order chi connectivity index (χ1) is 9.88. The molecule has 0 unspecified atom stereocenters. The zero-order chi connectivity index (χ0) is 13.8. The highest BCUT2D eigenvalue weighted by Crippen LogP contribution is 2.20. The van der Waals surface area contributed by atoms with E-state index in [2.05, 4.69) is 65.4 Å². The number of fused-ring (bicyclic) bond motifs is 1. The molecule has 2 nitrogen and oxygen atoms in total. The van der Waals surface area contributed by atoms with Crippen molar-refractivity contribution in [1.82, 2.24) is 4.57 Å². The fourth-order valence-corrected chi connectivity index (χ4v) is 2.79. The van der Waals surface area contributed by atoms with Gasteiger partial charge in [-0.05, 0) is 35.4 Å².